The molecule has 10 heterocycles. The van der Waals surface area contributed by atoms with Crippen LogP contribution in [0.2, 0.25) is 0 Å². The van der Waals surface area contributed by atoms with Gasteiger partial charge < -0.3 is 47.3 Å². The topological polar surface area (TPSA) is 305 Å². The van der Waals surface area contributed by atoms with Gasteiger partial charge >= 0.3 is 24.2 Å². The van der Waals surface area contributed by atoms with E-state index in [1.54, 1.807) is 63.5 Å². The summed E-state index contributed by atoms with van der Waals surface area (Å²) in [5.41, 5.74) is -2.98. The van der Waals surface area contributed by atoms with Crippen molar-refractivity contribution in [2.45, 2.75) is 115 Å². The molecule has 2 spiro atoms. The molecule has 26 nitrogen and oxygen atoms in total. The molecule has 4 N–H and O–H groups in total. The Morgan fingerprint density at radius 2 is 0.934 bits per heavy atom. The van der Waals surface area contributed by atoms with Gasteiger partial charge in [0.15, 0.2) is 34.1 Å². The minimum atomic E-state index is -1.78. The molecule has 6 fully saturated rings. The predicted molar refractivity (Wildman–Crippen MR) is 254 cm³/mol. The van der Waals surface area contributed by atoms with E-state index in [0.717, 1.165) is 0 Å². The summed E-state index contributed by atoms with van der Waals surface area (Å²) in [4.78, 5) is 109. The van der Waals surface area contributed by atoms with Gasteiger partial charge in [-0.05, 0) is 64.8 Å². The van der Waals surface area contributed by atoms with Crippen LogP contribution in [0.4, 0.5) is 51.0 Å². The molecule has 0 unspecified atom stereocenters. The van der Waals surface area contributed by atoms with E-state index in [2.05, 4.69) is 31.6 Å². The first-order valence-corrected chi connectivity index (χ1v) is 24.5. The number of anilines is 4. The van der Waals surface area contributed by atoms with Gasteiger partial charge in [-0.2, -0.15) is 0 Å². The fraction of sp³-hybridized carbons (Fsp3) is 0.542. The molecule has 6 saturated heterocycles. The number of urea groups is 2. The summed E-state index contributed by atoms with van der Waals surface area (Å²) >= 11 is 0. The van der Waals surface area contributed by atoms with Crippen molar-refractivity contribution in [3.8, 4) is 0 Å². The van der Waals surface area contributed by atoms with Gasteiger partial charge in [-0.1, -0.05) is 10.3 Å². The minimum Gasteiger partial charge on any atom is -0.444 e. The summed E-state index contributed by atoms with van der Waals surface area (Å²) in [6.07, 6.45) is -4.90. The highest BCUT2D eigenvalue weighted by atomic mass is 19.1. The van der Waals surface area contributed by atoms with Crippen molar-refractivity contribution >= 4 is 92.8 Å². The number of carbonyl (C=O) groups is 8. The number of fused-ring (bicyclic) bond motifs is 10. The van der Waals surface area contributed by atoms with Crippen LogP contribution in [0.15, 0.2) is 21.2 Å². The highest BCUT2D eigenvalue weighted by molar-refractivity contribution is 6.22. The maximum atomic E-state index is 16.3. The quantitative estimate of drug-likeness (QED) is 0.202. The normalized spacial score (nSPS) is 30.3. The summed E-state index contributed by atoms with van der Waals surface area (Å²) in [6, 6.07) is -1.61. The van der Waals surface area contributed by atoms with Crippen molar-refractivity contribution in [1.29, 1.82) is 0 Å². The molecule has 8 aliphatic heterocycles. The molecule has 0 bridgehead atoms. The number of nitrogens with one attached hydrogen (secondary N) is 4. The Labute approximate surface area is 429 Å². The Hall–Kier alpha value is -7.56. The fourth-order valence-electron chi connectivity index (χ4n) is 12.7. The average Bonchev–Trinajstić information content (AvgIpc) is 4.19. The van der Waals surface area contributed by atoms with Gasteiger partial charge in [0, 0.05) is 40.2 Å². The lowest BCUT2D eigenvalue weighted by Gasteiger charge is -2.55. The van der Waals surface area contributed by atoms with Gasteiger partial charge in [-0.3, -0.25) is 40.4 Å². The number of aromatic nitrogens is 2. The van der Waals surface area contributed by atoms with Crippen molar-refractivity contribution in [2.24, 2.45) is 10.8 Å². The van der Waals surface area contributed by atoms with Crippen molar-refractivity contribution in [3.05, 3.63) is 34.9 Å². The van der Waals surface area contributed by atoms with Crippen molar-refractivity contribution in [1.82, 2.24) is 31.6 Å². The number of barbiturate groups is 2. The van der Waals surface area contributed by atoms with Gasteiger partial charge in [0.25, 0.3) is 0 Å². The van der Waals surface area contributed by atoms with E-state index >= 15 is 8.78 Å². The van der Waals surface area contributed by atoms with E-state index in [9.17, 15) is 38.4 Å². The van der Waals surface area contributed by atoms with Crippen LogP contribution in [-0.4, -0.2) is 160 Å². The van der Waals surface area contributed by atoms with Crippen molar-refractivity contribution in [2.75, 3.05) is 60.1 Å². The second-order valence-electron chi connectivity index (χ2n) is 20.4. The van der Waals surface area contributed by atoms with Crippen LogP contribution in [-0.2, 0) is 60.4 Å². The number of carbonyl (C=O) groups excluding carboxylic acids is 8. The van der Waals surface area contributed by atoms with Crippen molar-refractivity contribution in [3.63, 3.8) is 0 Å². The summed E-state index contributed by atoms with van der Waals surface area (Å²) in [5.74, 6) is -4.58. The Bertz CT molecular complexity index is 2960. The van der Waals surface area contributed by atoms with E-state index in [1.807, 2.05) is 0 Å². The minimum absolute atomic E-state index is 0.0331. The smallest absolute Gasteiger partial charge is 0.416 e. The molecule has 404 valence electrons. The number of methoxy groups -OCH3 is 2. The van der Waals surface area contributed by atoms with Crippen LogP contribution >= 0.6 is 0 Å². The van der Waals surface area contributed by atoms with E-state index in [0.29, 0.717) is 11.1 Å². The third-order valence-corrected chi connectivity index (χ3v) is 15.7. The second-order valence-corrected chi connectivity index (χ2v) is 20.4. The molecule has 28 heteroatoms. The number of nitrogens with zero attached hydrogens (tertiary/aromatic N) is 6. The molecule has 4 aromatic rings. The van der Waals surface area contributed by atoms with Crippen LogP contribution in [0.1, 0.15) is 52.7 Å². The first-order valence-electron chi connectivity index (χ1n) is 24.5. The highest BCUT2D eigenvalue weighted by Gasteiger charge is 2.65. The van der Waals surface area contributed by atoms with E-state index < -0.39 is 119 Å². The monoisotopic (exact) mass is 1060 g/mol. The SMILES string of the molecule is COC[C@@H]1[C@@H](C)OC(=O)N1c1noc2c(F)c3c(cc12)CC1(C(=O)NC(=O)NC1=O)[C@H]1[C@H](C)O[C@H](C)CN31.COC[C@H]1[C@@H](C)OC(=O)N1c1noc2c(F)c3c(cc12)CC1(C(=O)NC(=O)NC1=O)[C@H]1[C@H](C)O[C@H](C)CN31. The first-order chi connectivity index (χ1) is 36.2. The summed E-state index contributed by atoms with van der Waals surface area (Å²) in [5, 5.41) is 17.2. The lowest BCUT2D eigenvalue weighted by atomic mass is 9.66. The highest BCUT2D eigenvalue weighted by Crippen LogP contribution is 2.52. The number of cyclic esters (lactones) is 2. The molecule has 0 saturated carbocycles. The van der Waals surface area contributed by atoms with Crippen molar-refractivity contribution < 1.29 is 84.6 Å². The average molecular weight is 1060 g/mol. The molecule has 10 amide bonds. The van der Waals surface area contributed by atoms with Gasteiger partial charge in [-0.25, -0.2) is 37.8 Å². The van der Waals surface area contributed by atoms with Gasteiger partial charge in [0.2, 0.25) is 34.8 Å². The number of amides is 10. The van der Waals surface area contributed by atoms with Crippen LogP contribution in [0.3, 0.4) is 0 Å². The molecule has 8 aliphatic rings. The van der Waals surface area contributed by atoms with Crippen LogP contribution < -0.4 is 40.9 Å². The summed E-state index contributed by atoms with van der Waals surface area (Å²) < 4.78 is 76.5. The zero-order chi connectivity index (χ0) is 54.2. The molecular weight excluding hydrogens is 1010 g/mol. The van der Waals surface area contributed by atoms with E-state index in [1.165, 1.54) is 24.0 Å². The number of rotatable bonds is 6. The molecular formula is C48H52F2N10O16. The third-order valence-electron chi connectivity index (χ3n) is 15.7. The number of halogens is 2. The molecule has 76 heavy (non-hydrogen) atoms. The summed E-state index contributed by atoms with van der Waals surface area (Å²) in [7, 11) is 2.96. The van der Waals surface area contributed by atoms with Gasteiger partial charge in [0.05, 0.1) is 71.9 Å². The number of morpholine rings is 2. The number of imide groups is 4. The molecule has 10 atom stereocenters. The molecule has 12 rings (SSSR count). The zero-order valence-corrected chi connectivity index (χ0v) is 42.1. The molecule has 2 aromatic heterocycles. The maximum Gasteiger partial charge on any atom is 0.416 e. The van der Waals surface area contributed by atoms with Crippen LogP contribution in [0.5, 0.6) is 0 Å². The Balaban J connectivity index is 0.000000162. The standard InChI is InChI=1S/2C24H26FN5O8/c2*1-9-7-29-16-12(6-24(18(29)11(3)36-9)20(31)26-22(33)27-21(24)32)5-13-17(15(16)25)38-28-19(13)30-14(8-35-4)10(2)37-23(30)34/h2*5,9-11,14,18H,6-8H2,1-4H3,(H2,26,27,31,32,33)/t9-,10-,11+,14+,18-;9-,10-,11+,14-,18-/m11/s1. The third kappa shape index (κ3) is 7.23. The Morgan fingerprint density at radius 1 is 0.579 bits per heavy atom. The number of ether oxygens (including phenoxy) is 6. The van der Waals surface area contributed by atoms with E-state index in [4.69, 9.17) is 37.5 Å². The molecule has 0 radical (unpaired) electrons. The Kier molecular flexibility index (Phi) is 12.0. The lowest BCUT2D eigenvalue weighted by molar-refractivity contribution is -0.154. The lowest BCUT2D eigenvalue weighted by Crippen LogP contribution is -2.75. The summed E-state index contributed by atoms with van der Waals surface area (Å²) in [6.45, 7) is 11.0. The fourth-order valence-corrected chi connectivity index (χ4v) is 12.7. The van der Waals surface area contributed by atoms with Crippen LogP contribution in [0.25, 0.3) is 21.9 Å². The van der Waals surface area contributed by atoms with Gasteiger partial charge in [0.1, 0.15) is 24.3 Å². The molecule has 2 aromatic carbocycles. The second kappa shape index (κ2) is 18.0. The van der Waals surface area contributed by atoms with E-state index in [-0.39, 0.29) is 96.3 Å². The number of benzene rings is 2. The van der Waals surface area contributed by atoms with Crippen LogP contribution in [0, 0.1) is 22.5 Å². The molecule has 0 aliphatic carbocycles. The maximum absolute atomic E-state index is 16.3. The number of hydrogen-bond donors (Lipinski definition) is 4. The van der Waals surface area contributed by atoms with Gasteiger partial charge in [-0.15, -0.1) is 0 Å². The number of hydrogen-bond acceptors (Lipinski definition) is 20. The largest absolute Gasteiger partial charge is 0.444 e. The first kappa shape index (κ1) is 50.6. The Morgan fingerprint density at radius 3 is 1.28 bits per heavy atom. The predicted octanol–water partition coefficient (Wildman–Crippen LogP) is 2.44. The zero-order valence-electron chi connectivity index (χ0n) is 42.1.